The number of allylic oxidation sites excluding steroid dienone is 1. The second-order valence-electron chi connectivity index (χ2n) is 4.78. The summed E-state index contributed by atoms with van der Waals surface area (Å²) in [5, 5.41) is 9.42. The molecule has 2 aromatic carbocycles. The van der Waals surface area contributed by atoms with Crippen molar-refractivity contribution in [1.82, 2.24) is 0 Å². The van der Waals surface area contributed by atoms with Gasteiger partial charge in [0, 0.05) is 34.3 Å². The van der Waals surface area contributed by atoms with Crippen molar-refractivity contribution in [2.75, 3.05) is 19.0 Å². The number of rotatable bonds is 3. The van der Waals surface area contributed by atoms with Gasteiger partial charge in [-0.05, 0) is 35.9 Å². The zero-order valence-electron chi connectivity index (χ0n) is 11.8. The quantitative estimate of drug-likeness (QED) is 0.508. The molecule has 0 N–H and O–H groups in total. The van der Waals surface area contributed by atoms with E-state index in [0.29, 0.717) is 5.57 Å². The molecule has 0 amide bonds. The number of hydrogen-bond acceptors (Lipinski definition) is 2. The van der Waals surface area contributed by atoms with Crippen LogP contribution in [0.25, 0.3) is 11.6 Å². The fourth-order valence-corrected chi connectivity index (χ4v) is 3.17. The largest absolute Gasteiger partial charge is 0.378 e. The minimum atomic E-state index is 0.631. The molecule has 0 unspecified atom stereocenters. The lowest BCUT2D eigenvalue weighted by atomic mass is 10.0. The summed E-state index contributed by atoms with van der Waals surface area (Å²) in [5.74, 6) is 0. The minimum Gasteiger partial charge on any atom is -0.378 e. The minimum absolute atomic E-state index is 0.631. The third-order valence-electron chi connectivity index (χ3n) is 3.06. The van der Waals surface area contributed by atoms with Crippen LogP contribution in [0.15, 0.2) is 51.4 Å². The number of benzene rings is 2. The van der Waals surface area contributed by atoms with E-state index in [0.717, 1.165) is 25.8 Å². The summed E-state index contributed by atoms with van der Waals surface area (Å²) in [6.07, 6.45) is 1.90. The average Bonchev–Trinajstić information content (AvgIpc) is 2.46. The molecule has 0 aliphatic carbocycles. The Labute approximate surface area is 142 Å². The van der Waals surface area contributed by atoms with Crippen molar-refractivity contribution in [1.29, 1.82) is 5.26 Å². The molecule has 0 saturated carbocycles. The highest BCUT2D eigenvalue weighted by atomic mass is 79.9. The molecule has 2 nitrogen and oxygen atoms in total. The molecule has 0 fully saturated rings. The lowest BCUT2D eigenvalue weighted by Crippen LogP contribution is -2.07. The fourth-order valence-electron chi connectivity index (χ4n) is 1.91. The van der Waals surface area contributed by atoms with Gasteiger partial charge in [0.2, 0.25) is 0 Å². The van der Waals surface area contributed by atoms with Crippen LogP contribution in [0, 0.1) is 11.3 Å². The summed E-state index contributed by atoms with van der Waals surface area (Å²) in [6, 6.07) is 16.2. The summed E-state index contributed by atoms with van der Waals surface area (Å²) in [4.78, 5) is 2.05. The lowest BCUT2D eigenvalue weighted by Gasteiger charge is -2.12. The molecule has 2 aromatic rings. The Morgan fingerprint density at radius 1 is 1.10 bits per heavy atom. The Hall–Kier alpha value is -1.57. The van der Waals surface area contributed by atoms with Crippen molar-refractivity contribution in [3.05, 3.63) is 62.5 Å². The van der Waals surface area contributed by atoms with Crippen LogP contribution in [0.2, 0.25) is 0 Å². The molecule has 0 atom stereocenters. The molecule has 106 valence electrons. The summed E-state index contributed by atoms with van der Waals surface area (Å²) < 4.78 is 1.88. The molecule has 4 heteroatoms. The Bertz CT molecular complexity index is 711. The van der Waals surface area contributed by atoms with Crippen LogP contribution in [0.3, 0.4) is 0 Å². The van der Waals surface area contributed by atoms with Gasteiger partial charge >= 0.3 is 0 Å². The number of nitrogens with zero attached hydrogens (tertiary/aromatic N) is 2. The van der Waals surface area contributed by atoms with Crippen molar-refractivity contribution in [2.45, 2.75) is 0 Å². The van der Waals surface area contributed by atoms with Crippen molar-refractivity contribution >= 4 is 49.2 Å². The summed E-state index contributed by atoms with van der Waals surface area (Å²) in [7, 11) is 4.01. The first-order valence-corrected chi connectivity index (χ1v) is 7.94. The topological polar surface area (TPSA) is 27.0 Å². The van der Waals surface area contributed by atoms with Crippen LogP contribution in [-0.4, -0.2) is 14.1 Å². The van der Waals surface area contributed by atoms with E-state index in [1.807, 2.05) is 67.5 Å². The fraction of sp³-hybridized carbons (Fsp3) is 0.118. The first-order chi connectivity index (χ1) is 10.0. The molecule has 0 aliphatic rings. The second kappa shape index (κ2) is 6.93. The molecule has 0 saturated heterocycles. The van der Waals surface area contributed by atoms with Gasteiger partial charge in [0.1, 0.15) is 0 Å². The highest BCUT2D eigenvalue weighted by Gasteiger charge is 2.06. The Morgan fingerprint density at radius 2 is 1.76 bits per heavy atom. The molecule has 0 aromatic heterocycles. The van der Waals surface area contributed by atoms with Gasteiger partial charge in [-0.25, -0.2) is 0 Å². The monoisotopic (exact) mass is 404 g/mol. The predicted octanol–water partition coefficient (Wildman–Crippen LogP) is 5.34. The maximum Gasteiger partial charge on any atom is 0.0998 e. The molecule has 0 spiro atoms. The standard InChI is InChI=1S/C17H14Br2N2/c1-21(2)15-6-3-12(4-7-15)9-13(11-20)16-8-5-14(18)10-17(16)19/h3-10H,1-2H3/b13-9-. The Morgan fingerprint density at radius 3 is 2.29 bits per heavy atom. The number of anilines is 1. The first-order valence-electron chi connectivity index (χ1n) is 6.36. The van der Waals surface area contributed by atoms with Crippen LogP contribution in [0.5, 0.6) is 0 Å². The van der Waals surface area contributed by atoms with E-state index in [1.54, 1.807) is 0 Å². The lowest BCUT2D eigenvalue weighted by molar-refractivity contribution is 1.13. The van der Waals surface area contributed by atoms with Crippen LogP contribution in [-0.2, 0) is 0 Å². The van der Waals surface area contributed by atoms with Gasteiger partial charge in [-0.1, -0.05) is 50.1 Å². The Balaban J connectivity index is 2.39. The van der Waals surface area contributed by atoms with Gasteiger partial charge in [-0.3, -0.25) is 0 Å². The molecule has 0 aliphatic heterocycles. The maximum atomic E-state index is 9.42. The van der Waals surface area contributed by atoms with Gasteiger partial charge in [0.15, 0.2) is 0 Å². The number of nitriles is 1. The predicted molar refractivity (Wildman–Crippen MR) is 96.1 cm³/mol. The van der Waals surface area contributed by atoms with Crippen molar-refractivity contribution in [3.63, 3.8) is 0 Å². The number of halogens is 2. The van der Waals surface area contributed by atoms with Gasteiger partial charge < -0.3 is 4.90 Å². The van der Waals surface area contributed by atoms with E-state index in [9.17, 15) is 5.26 Å². The van der Waals surface area contributed by atoms with Gasteiger partial charge in [-0.15, -0.1) is 0 Å². The first kappa shape index (κ1) is 15.8. The molecule has 0 heterocycles. The molecule has 0 bridgehead atoms. The molecular weight excluding hydrogens is 392 g/mol. The third kappa shape index (κ3) is 3.96. The van der Waals surface area contributed by atoms with E-state index in [1.165, 1.54) is 0 Å². The smallest absolute Gasteiger partial charge is 0.0998 e. The van der Waals surface area contributed by atoms with Crippen LogP contribution in [0.1, 0.15) is 11.1 Å². The van der Waals surface area contributed by atoms with Crippen molar-refractivity contribution in [3.8, 4) is 6.07 Å². The summed E-state index contributed by atoms with van der Waals surface area (Å²) >= 11 is 6.92. The van der Waals surface area contributed by atoms with E-state index < -0.39 is 0 Å². The van der Waals surface area contributed by atoms with Crippen LogP contribution >= 0.6 is 31.9 Å². The molecule has 0 radical (unpaired) electrons. The van der Waals surface area contributed by atoms with E-state index in [2.05, 4.69) is 37.9 Å². The van der Waals surface area contributed by atoms with Crippen LogP contribution in [0.4, 0.5) is 5.69 Å². The van der Waals surface area contributed by atoms with Crippen molar-refractivity contribution < 1.29 is 0 Å². The average molecular weight is 406 g/mol. The van der Waals surface area contributed by atoms with Crippen LogP contribution < -0.4 is 4.90 Å². The van der Waals surface area contributed by atoms with Gasteiger partial charge in [0.25, 0.3) is 0 Å². The maximum absolute atomic E-state index is 9.42. The molecular formula is C17H14Br2N2. The zero-order chi connectivity index (χ0) is 15.4. The van der Waals surface area contributed by atoms with Gasteiger partial charge in [0.05, 0.1) is 11.6 Å². The Kier molecular flexibility index (Phi) is 5.22. The van der Waals surface area contributed by atoms with E-state index >= 15 is 0 Å². The third-order valence-corrected chi connectivity index (χ3v) is 4.21. The normalized spacial score (nSPS) is 11.1. The molecule has 21 heavy (non-hydrogen) atoms. The zero-order valence-corrected chi connectivity index (χ0v) is 14.9. The molecule has 2 rings (SSSR count). The van der Waals surface area contributed by atoms with Gasteiger partial charge in [-0.2, -0.15) is 5.26 Å². The SMILES string of the molecule is CN(C)c1ccc(/C=C(/C#N)c2ccc(Br)cc2Br)cc1. The second-order valence-corrected chi connectivity index (χ2v) is 6.55. The van der Waals surface area contributed by atoms with E-state index in [-0.39, 0.29) is 0 Å². The number of hydrogen-bond donors (Lipinski definition) is 0. The highest BCUT2D eigenvalue weighted by molar-refractivity contribution is 9.11. The summed E-state index contributed by atoms with van der Waals surface area (Å²) in [5.41, 5.74) is 3.66. The van der Waals surface area contributed by atoms with Crippen molar-refractivity contribution in [2.24, 2.45) is 0 Å². The van der Waals surface area contributed by atoms with E-state index in [4.69, 9.17) is 0 Å². The highest BCUT2D eigenvalue weighted by Crippen LogP contribution is 2.28. The summed E-state index contributed by atoms with van der Waals surface area (Å²) in [6.45, 7) is 0.